The number of carbonyl (C=O) groups is 2. The van der Waals surface area contributed by atoms with Crippen LogP contribution in [0, 0.1) is 5.82 Å². The lowest BCUT2D eigenvalue weighted by Gasteiger charge is -2.18. The minimum absolute atomic E-state index is 0.0560. The zero-order chi connectivity index (χ0) is 22.8. The van der Waals surface area contributed by atoms with Gasteiger partial charge in [0.15, 0.2) is 5.82 Å². The third-order valence-corrected chi connectivity index (χ3v) is 5.97. The van der Waals surface area contributed by atoms with Gasteiger partial charge in [-0.1, -0.05) is 71.7 Å². The first-order chi connectivity index (χ1) is 15.3. The molecule has 5 nitrogen and oxygen atoms in total. The van der Waals surface area contributed by atoms with Crippen molar-refractivity contribution >= 4 is 35.3 Å². The van der Waals surface area contributed by atoms with Gasteiger partial charge in [-0.05, 0) is 39.9 Å². The number of aliphatic carboxylic acids is 1. The molecular formula is C24H18Cl2FNO4. The molecule has 0 spiro atoms. The maximum Gasteiger partial charge on any atom is 0.407 e. The molecule has 0 heterocycles. The van der Waals surface area contributed by atoms with E-state index in [4.69, 9.17) is 27.9 Å². The Balaban J connectivity index is 1.44. The summed E-state index contributed by atoms with van der Waals surface area (Å²) in [5, 5.41) is 11.4. The van der Waals surface area contributed by atoms with Crippen molar-refractivity contribution in [1.29, 1.82) is 0 Å². The highest BCUT2D eigenvalue weighted by Crippen LogP contribution is 2.44. The standard InChI is InChI=1S/C24H18Cl2FNO4/c25-19-9-13(10-20(26)22(19)27)11-21(23(29)30)28-24(31)32-12-18-16-7-3-1-5-14(16)15-6-2-4-8-17(15)18/h1-10,18,21H,11-12H2,(H,28,31)(H,29,30)/t21-/m0/s1. The Kier molecular flexibility index (Phi) is 6.35. The van der Waals surface area contributed by atoms with Crippen molar-refractivity contribution in [3.05, 3.63) is 93.2 Å². The van der Waals surface area contributed by atoms with Crippen molar-refractivity contribution in [2.45, 2.75) is 18.4 Å². The van der Waals surface area contributed by atoms with Gasteiger partial charge in [0.1, 0.15) is 12.6 Å². The van der Waals surface area contributed by atoms with Crippen molar-refractivity contribution in [1.82, 2.24) is 5.32 Å². The first-order valence-corrected chi connectivity index (χ1v) is 10.6. The summed E-state index contributed by atoms with van der Waals surface area (Å²) in [5.41, 5.74) is 4.64. The zero-order valence-electron chi connectivity index (χ0n) is 16.6. The first kappa shape index (κ1) is 22.1. The maximum absolute atomic E-state index is 13.6. The van der Waals surface area contributed by atoms with Crippen LogP contribution in [0.3, 0.4) is 0 Å². The van der Waals surface area contributed by atoms with Crippen LogP contribution < -0.4 is 5.32 Å². The average Bonchev–Trinajstić information content (AvgIpc) is 3.09. The summed E-state index contributed by atoms with van der Waals surface area (Å²) in [6.45, 7) is 0.0560. The summed E-state index contributed by atoms with van der Waals surface area (Å²) >= 11 is 11.5. The quantitative estimate of drug-likeness (QED) is 0.452. The molecule has 164 valence electrons. The Morgan fingerprint density at radius 1 is 1.00 bits per heavy atom. The lowest BCUT2D eigenvalue weighted by molar-refractivity contribution is -0.139. The van der Waals surface area contributed by atoms with Crippen molar-refractivity contribution in [3.8, 4) is 11.1 Å². The van der Waals surface area contributed by atoms with Crippen molar-refractivity contribution in [3.63, 3.8) is 0 Å². The minimum Gasteiger partial charge on any atom is -0.480 e. The number of amides is 1. The molecule has 0 radical (unpaired) electrons. The van der Waals surface area contributed by atoms with Gasteiger partial charge in [-0.25, -0.2) is 14.0 Å². The molecule has 32 heavy (non-hydrogen) atoms. The van der Waals surface area contributed by atoms with Crippen LogP contribution in [0.2, 0.25) is 10.0 Å². The fourth-order valence-electron chi connectivity index (χ4n) is 3.94. The van der Waals surface area contributed by atoms with E-state index in [0.29, 0.717) is 5.56 Å². The van der Waals surface area contributed by atoms with Crippen LogP contribution in [0.1, 0.15) is 22.6 Å². The van der Waals surface area contributed by atoms with E-state index in [-0.39, 0.29) is 29.0 Å². The molecule has 0 aromatic heterocycles. The summed E-state index contributed by atoms with van der Waals surface area (Å²) in [4.78, 5) is 24.1. The average molecular weight is 474 g/mol. The van der Waals surface area contributed by atoms with E-state index in [9.17, 15) is 19.1 Å². The number of alkyl carbamates (subject to hydrolysis) is 1. The molecule has 0 bridgehead atoms. The molecule has 1 atom stereocenters. The largest absolute Gasteiger partial charge is 0.480 e. The number of halogens is 3. The van der Waals surface area contributed by atoms with Crippen molar-refractivity contribution in [2.24, 2.45) is 0 Å². The van der Waals surface area contributed by atoms with Crippen LogP contribution >= 0.6 is 23.2 Å². The van der Waals surface area contributed by atoms with Gasteiger partial charge in [-0.2, -0.15) is 0 Å². The molecule has 1 amide bonds. The topological polar surface area (TPSA) is 75.6 Å². The molecule has 1 aliphatic rings. The van der Waals surface area contributed by atoms with Gasteiger partial charge in [0, 0.05) is 12.3 Å². The molecule has 3 aromatic carbocycles. The monoisotopic (exact) mass is 473 g/mol. The zero-order valence-corrected chi connectivity index (χ0v) is 18.2. The van der Waals surface area contributed by atoms with Crippen LogP contribution in [0.15, 0.2) is 60.7 Å². The second-order valence-corrected chi connectivity index (χ2v) is 8.25. The summed E-state index contributed by atoms with van der Waals surface area (Å²) in [7, 11) is 0. The highest BCUT2D eigenvalue weighted by atomic mass is 35.5. The molecule has 0 fully saturated rings. The second kappa shape index (κ2) is 9.18. The van der Waals surface area contributed by atoms with E-state index < -0.39 is 23.9 Å². The van der Waals surface area contributed by atoms with Crippen molar-refractivity contribution < 1.29 is 23.8 Å². The molecule has 2 N–H and O–H groups in total. The Morgan fingerprint density at radius 2 is 1.53 bits per heavy atom. The predicted molar refractivity (Wildman–Crippen MR) is 120 cm³/mol. The predicted octanol–water partition coefficient (Wildman–Crippen LogP) is 5.67. The van der Waals surface area contributed by atoms with Gasteiger partial charge < -0.3 is 15.2 Å². The van der Waals surface area contributed by atoms with E-state index in [1.165, 1.54) is 12.1 Å². The molecule has 0 saturated heterocycles. The lowest BCUT2D eigenvalue weighted by Crippen LogP contribution is -2.42. The minimum atomic E-state index is -1.30. The van der Waals surface area contributed by atoms with E-state index >= 15 is 0 Å². The third kappa shape index (κ3) is 4.42. The second-order valence-electron chi connectivity index (χ2n) is 7.44. The van der Waals surface area contributed by atoms with Crippen LogP contribution in [-0.2, 0) is 16.0 Å². The highest BCUT2D eigenvalue weighted by Gasteiger charge is 2.30. The number of carboxylic acid groups (broad SMARTS) is 1. The van der Waals surface area contributed by atoms with Gasteiger partial charge in [0.05, 0.1) is 10.0 Å². The number of ether oxygens (including phenoxy) is 1. The molecule has 0 unspecified atom stereocenters. The van der Waals surface area contributed by atoms with Gasteiger partial charge in [0.25, 0.3) is 0 Å². The molecule has 0 saturated carbocycles. The van der Waals surface area contributed by atoms with E-state index in [1.54, 1.807) is 0 Å². The number of hydrogen-bond acceptors (Lipinski definition) is 3. The number of carbonyl (C=O) groups excluding carboxylic acids is 1. The Hall–Kier alpha value is -3.09. The van der Waals surface area contributed by atoms with Gasteiger partial charge in [-0.3, -0.25) is 0 Å². The fourth-order valence-corrected chi connectivity index (χ4v) is 4.48. The Morgan fingerprint density at radius 3 is 2.06 bits per heavy atom. The fraction of sp³-hybridized carbons (Fsp3) is 0.167. The van der Waals surface area contributed by atoms with Crippen LogP contribution in [-0.4, -0.2) is 29.8 Å². The molecule has 3 aromatic rings. The van der Waals surface area contributed by atoms with Gasteiger partial charge in [0.2, 0.25) is 0 Å². The number of carboxylic acids is 1. The number of benzene rings is 3. The summed E-state index contributed by atoms with van der Waals surface area (Å²) in [6.07, 6.45) is -1.00. The molecule has 4 rings (SSSR count). The summed E-state index contributed by atoms with van der Waals surface area (Å²) in [5.74, 6) is -2.20. The Labute approximate surface area is 193 Å². The van der Waals surface area contributed by atoms with E-state index in [1.807, 2.05) is 48.5 Å². The maximum atomic E-state index is 13.6. The summed E-state index contributed by atoms with van der Waals surface area (Å²) < 4.78 is 19.0. The highest BCUT2D eigenvalue weighted by molar-refractivity contribution is 6.35. The summed E-state index contributed by atoms with van der Waals surface area (Å²) in [6, 6.07) is 17.0. The Bertz CT molecular complexity index is 1130. The lowest BCUT2D eigenvalue weighted by atomic mass is 9.98. The van der Waals surface area contributed by atoms with Crippen LogP contribution in [0.25, 0.3) is 11.1 Å². The molecular weight excluding hydrogens is 456 g/mol. The van der Waals surface area contributed by atoms with Gasteiger partial charge in [-0.15, -0.1) is 0 Å². The van der Waals surface area contributed by atoms with Crippen molar-refractivity contribution in [2.75, 3.05) is 6.61 Å². The smallest absolute Gasteiger partial charge is 0.407 e. The normalized spacial score (nSPS) is 13.2. The SMILES string of the molecule is O=C(N[C@@H](Cc1cc(Cl)c(F)c(Cl)c1)C(=O)O)OCC1c2ccccc2-c2ccccc21. The molecule has 0 aliphatic heterocycles. The van der Waals surface area contributed by atoms with Crippen LogP contribution in [0.5, 0.6) is 0 Å². The number of rotatable bonds is 6. The first-order valence-electron chi connectivity index (χ1n) is 9.83. The van der Waals surface area contributed by atoms with E-state index in [0.717, 1.165) is 22.3 Å². The molecule has 8 heteroatoms. The van der Waals surface area contributed by atoms with Crippen LogP contribution in [0.4, 0.5) is 9.18 Å². The third-order valence-electron chi connectivity index (χ3n) is 5.42. The number of fused-ring (bicyclic) bond motifs is 3. The molecule has 1 aliphatic carbocycles. The number of nitrogens with one attached hydrogen (secondary N) is 1. The number of hydrogen-bond donors (Lipinski definition) is 2. The van der Waals surface area contributed by atoms with E-state index in [2.05, 4.69) is 5.32 Å². The van der Waals surface area contributed by atoms with Gasteiger partial charge >= 0.3 is 12.1 Å².